The van der Waals surface area contributed by atoms with Crippen molar-refractivity contribution in [2.75, 3.05) is 26.2 Å². The average Bonchev–Trinajstić information content (AvgIpc) is 2.37. The molecular formula is C15H27IN4. The Bertz CT molecular complexity index is 354. The highest BCUT2D eigenvalue weighted by molar-refractivity contribution is 14.0. The maximum atomic E-state index is 7.56. The smallest absolute Gasteiger partial charge is 0.188 e. The Morgan fingerprint density at radius 3 is 1.75 bits per heavy atom. The highest BCUT2D eigenvalue weighted by Gasteiger charge is 2.53. The Morgan fingerprint density at radius 1 is 0.900 bits per heavy atom. The van der Waals surface area contributed by atoms with Crippen LogP contribution in [0.5, 0.6) is 0 Å². The summed E-state index contributed by atoms with van der Waals surface area (Å²) in [7, 11) is 0. The molecule has 0 atom stereocenters. The van der Waals surface area contributed by atoms with Gasteiger partial charge in [-0.1, -0.05) is 0 Å². The summed E-state index contributed by atoms with van der Waals surface area (Å²) in [6.45, 7) is 4.14. The van der Waals surface area contributed by atoms with Crippen LogP contribution in [-0.4, -0.2) is 47.5 Å². The second-order valence-corrected chi connectivity index (χ2v) is 7.50. The maximum Gasteiger partial charge on any atom is 0.188 e. The summed E-state index contributed by atoms with van der Waals surface area (Å²) in [5, 5.41) is 7.56. The van der Waals surface area contributed by atoms with Crippen molar-refractivity contribution in [1.29, 1.82) is 5.41 Å². The van der Waals surface area contributed by atoms with Gasteiger partial charge in [0.2, 0.25) is 0 Å². The van der Waals surface area contributed by atoms with Crippen LogP contribution in [0.25, 0.3) is 0 Å². The molecule has 4 bridgehead atoms. The monoisotopic (exact) mass is 390 g/mol. The van der Waals surface area contributed by atoms with E-state index < -0.39 is 0 Å². The van der Waals surface area contributed by atoms with Crippen LogP contribution in [0.1, 0.15) is 38.5 Å². The molecule has 0 aromatic rings. The molecule has 0 spiro atoms. The van der Waals surface area contributed by atoms with Crippen molar-refractivity contribution < 1.29 is 0 Å². The Labute approximate surface area is 139 Å². The van der Waals surface area contributed by atoms with Gasteiger partial charge in [0.05, 0.1) is 0 Å². The molecule has 3 N–H and O–H groups in total. The molecule has 5 heteroatoms. The van der Waals surface area contributed by atoms with E-state index in [2.05, 4.69) is 4.90 Å². The van der Waals surface area contributed by atoms with Crippen LogP contribution < -0.4 is 5.73 Å². The Balaban J connectivity index is 0.00000121. The molecule has 0 unspecified atom stereocenters. The van der Waals surface area contributed by atoms with Crippen molar-refractivity contribution in [3.05, 3.63) is 0 Å². The number of nitrogens with zero attached hydrogens (tertiary/aromatic N) is 2. The van der Waals surface area contributed by atoms with Gasteiger partial charge in [0, 0.05) is 31.7 Å². The molecule has 0 radical (unpaired) electrons. The Hall–Kier alpha value is -0.0400. The van der Waals surface area contributed by atoms with Gasteiger partial charge in [0.25, 0.3) is 0 Å². The highest BCUT2D eigenvalue weighted by atomic mass is 127. The van der Waals surface area contributed by atoms with Crippen LogP contribution in [0, 0.1) is 23.2 Å². The van der Waals surface area contributed by atoms with Crippen LogP contribution in [0.2, 0.25) is 0 Å². The highest BCUT2D eigenvalue weighted by Crippen LogP contribution is 2.57. The van der Waals surface area contributed by atoms with E-state index in [0.29, 0.717) is 5.54 Å². The summed E-state index contributed by atoms with van der Waals surface area (Å²) in [4.78, 5) is 4.80. The summed E-state index contributed by atoms with van der Waals surface area (Å²) < 4.78 is 0. The summed E-state index contributed by atoms with van der Waals surface area (Å²) in [5.74, 6) is 3.33. The average molecular weight is 390 g/mol. The van der Waals surface area contributed by atoms with Gasteiger partial charge >= 0.3 is 0 Å². The Kier molecular flexibility index (Phi) is 3.95. The van der Waals surface area contributed by atoms with Crippen LogP contribution in [0.15, 0.2) is 0 Å². The zero-order chi connectivity index (χ0) is 13.0. The molecule has 4 saturated carbocycles. The van der Waals surface area contributed by atoms with Crippen molar-refractivity contribution in [1.82, 2.24) is 9.80 Å². The van der Waals surface area contributed by atoms with E-state index in [1.54, 1.807) is 0 Å². The van der Waals surface area contributed by atoms with Crippen LogP contribution in [-0.2, 0) is 0 Å². The minimum atomic E-state index is 0. The largest absolute Gasteiger partial charge is 0.370 e. The zero-order valence-electron chi connectivity index (χ0n) is 12.2. The van der Waals surface area contributed by atoms with Crippen molar-refractivity contribution >= 4 is 29.9 Å². The quantitative estimate of drug-likeness (QED) is 0.410. The first-order valence-electron chi connectivity index (χ1n) is 7.99. The minimum absolute atomic E-state index is 0. The van der Waals surface area contributed by atoms with E-state index in [-0.39, 0.29) is 29.9 Å². The lowest BCUT2D eigenvalue weighted by Crippen LogP contribution is -2.64. The number of hydrogen-bond donors (Lipinski definition) is 2. The number of nitrogens with two attached hydrogens (primary N) is 1. The molecule has 4 nitrogen and oxygen atoms in total. The number of rotatable bonds is 1. The summed E-state index contributed by atoms with van der Waals surface area (Å²) >= 11 is 0. The predicted octanol–water partition coefficient (Wildman–Crippen LogP) is 2.08. The van der Waals surface area contributed by atoms with Crippen molar-refractivity contribution in [3.8, 4) is 0 Å². The fourth-order valence-electron chi connectivity index (χ4n) is 5.87. The molecule has 1 heterocycles. The number of piperazine rings is 1. The van der Waals surface area contributed by atoms with Crippen molar-refractivity contribution in [3.63, 3.8) is 0 Å². The molecule has 1 aliphatic heterocycles. The lowest BCUT2D eigenvalue weighted by atomic mass is 9.52. The lowest BCUT2D eigenvalue weighted by Gasteiger charge is -2.61. The van der Waals surface area contributed by atoms with Gasteiger partial charge in [-0.3, -0.25) is 10.3 Å². The van der Waals surface area contributed by atoms with Gasteiger partial charge in [-0.25, -0.2) is 0 Å². The lowest BCUT2D eigenvalue weighted by molar-refractivity contribution is -0.0972. The van der Waals surface area contributed by atoms with E-state index >= 15 is 0 Å². The standard InChI is InChI=1S/C15H26N4.HI/c16-14(17)18-1-3-19(4-2-18)15-8-11-5-12(9-15)7-13(6-11)10-15;/h11-13H,1-10H2,(H3,16,17);1H. The molecule has 5 aliphatic rings. The number of halogens is 1. The molecule has 5 fully saturated rings. The fourth-order valence-corrected chi connectivity index (χ4v) is 5.87. The van der Waals surface area contributed by atoms with E-state index in [1.165, 1.54) is 38.5 Å². The van der Waals surface area contributed by atoms with Gasteiger partial charge in [-0.2, -0.15) is 0 Å². The minimum Gasteiger partial charge on any atom is -0.370 e. The summed E-state index contributed by atoms with van der Waals surface area (Å²) in [6, 6.07) is 0. The van der Waals surface area contributed by atoms with Crippen LogP contribution >= 0.6 is 24.0 Å². The first-order valence-corrected chi connectivity index (χ1v) is 7.99. The van der Waals surface area contributed by atoms with Gasteiger partial charge in [-0.15, -0.1) is 24.0 Å². The fraction of sp³-hybridized carbons (Fsp3) is 0.933. The molecule has 0 amide bonds. The number of nitrogens with one attached hydrogen (secondary N) is 1. The van der Waals surface area contributed by atoms with Gasteiger partial charge in [0.1, 0.15) is 0 Å². The zero-order valence-corrected chi connectivity index (χ0v) is 14.5. The molecular weight excluding hydrogens is 363 g/mol. The topological polar surface area (TPSA) is 56.4 Å². The number of hydrogen-bond acceptors (Lipinski definition) is 2. The van der Waals surface area contributed by atoms with Gasteiger partial charge in [-0.05, 0) is 56.3 Å². The second kappa shape index (κ2) is 5.30. The van der Waals surface area contributed by atoms with Crippen molar-refractivity contribution in [2.24, 2.45) is 23.5 Å². The number of guanidine groups is 1. The normalized spacial score (nSPS) is 43.4. The third-order valence-electron chi connectivity index (χ3n) is 6.30. The molecule has 20 heavy (non-hydrogen) atoms. The molecule has 4 aliphatic carbocycles. The first kappa shape index (κ1) is 14.9. The van der Waals surface area contributed by atoms with E-state index in [9.17, 15) is 0 Å². The molecule has 114 valence electrons. The van der Waals surface area contributed by atoms with E-state index in [4.69, 9.17) is 11.1 Å². The third kappa shape index (κ3) is 2.34. The molecule has 0 aromatic carbocycles. The SMILES string of the molecule is I.N=C(N)N1CCN(C23CC4CC(CC(C4)C2)C3)CC1. The molecule has 5 rings (SSSR count). The van der Waals surface area contributed by atoms with E-state index in [0.717, 1.165) is 43.9 Å². The third-order valence-corrected chi connectivity index (χ3v) is 6.30. The van der Waals surface area contributed by atoms with Gasteiger partial charge in [0.15, 0.2) is 5.96 Å². The predicted molar refractivity (Wildman–Crippen MR) is 91.4 cm³/mol. The van der Waals surface area contributed by atoms with Gasteiger partial charge < -0.3 is 10.6 Å². The van der Waals surface area contributed by atoms with Crippen LogP contribution in [0.3, 0.4) is 0 Å². The first-order chi connectivity index (χ1) is 9.14. The maximum absolute atomic E-state index is 7.56. The summed E-state index contributed by atoms with van der Waals surface area (Å²) in [5.41, 5.74) is 6.15. The van der Waals surface area contributed by atoms with Crippen LogP contribution in [0.4, 0.5) is 0 Å². The molecule has 1 saturated heterocycles. The summed E-state index contributed by atoms with van der Waals surface area (Å²) in [6.07, 6.45) is 8.93. The molecule has 0 aromatic heterocycles. The Morgan fingerprint density at radius 2 is 1.35 bits per heavy atom. The van der Waals surface area contributed by atoms with Crippen molar-refractivity contribution in [2.45, 2.75) is 44.1 Å². The van der Waals surface area contributed by atoms with E-state index in [1.807, 2.05) is 4.90 Å². The second-order valence-electron chi connectivity index (χ2n) is 7.50.